The van der Waals surface area contributed by atoms with Crippen molar-refractivity contribution in [1.29, 1.82) is 0 Å². The van der Waals surface area contributed by atoms with Gasteiger partial charge in [-0.25, -0.2) is 17.7 Å². The normalized spacial score (nSPS) is 23.9. The number of hydrogen-bond acceptors (Lipinski definition) is 5. The minimum Gasteiger partial charge on any atom is -0.351 e. The van der Waals surface area contributed by atoms with Gasteiger partial charge in [0.25, 0.3) is 5.56 Å². The Morgan fingerprint density at radius 2 is 1.95 bits per heavy atom. The fourth-order valence-corrected chi connectivity index (χ4v) is 4.98. The summed E-state index contributed by atoms with van der Waals surface area (Å²) < 4.78 is 28.2. The van der Waals surface area contributed by atoms with Crippen LogP contribution >= 0.6 is 0 Å². The average molecular weight is 312 g/mol. The van der Waals surface area contributed by atoms with Crippen LogP contribution in [0.25, 0.3) is 0 Å². The Morgan fingerprint density at radius 3 is 2.67 bits per heavy atom. The molecule has 0 aromatic carbocycles. The topological polar surface area (TPSA) is 75.5 Å². The summed E-state index contributed by atoms with van der Waals surface area (Å²) in [5.74, 6) is 0.346. The summed E-state index contributed by atoms with van der Waals surface area (Å²) in [5.41, 5.74) is -0.184. The molecule has 2 aliphatic rings. The van der Waals surface area contributed by atoms with Gasteiger partial charge in [-0.15, -0.1) is 0 Å². The lowest BCUT2D eigenvalue weighted by molar-refractivity contribution is 0.467. The zero-order valence-electron chi connectivity index (χ0n) is 12.1. The Kier molecular flexibility index (Phi) is 3.75. The molecule has 116 valence electrons. The molecule has 0 radical (unpaired) electrons. The minimum absolute atomic E-state index is 0.184. The van der Waals surface area contributed by atoms with Gasteiger partial charge in [0.1, 0.15) is 0 Å². The smallest absolute Gasteiger partial charge is 0.293 e. The van der Waals surface area contributed by atoms with Crippen LogP contribution in [0.3, 0.4) is 0 Å². The molecule has 0 aliphatic carbocycles. The maximum Gasteiger partial charge on any atom is 0.293 e. The number of aryl methyl sites for hydroxylation is 1. The summed E-state index contributed by atoms with van der Waals surface area (Å²) in [6.07, 6.45) is 5.60. The number of nitrogens with zero attached hydrogens (tertiary/aromatic N) is 4. The van der Waals surface area contributed by atoms with Gasteiger partial charge >= 0.3 is 0 Å². The number of hydrogen-bond donors (Lipinski definition) is 0. The number of rotatable bonds is 3. The molecule has 7 nitrogen and oxygen atoms in total. The van der Waals surface area contributed by atoms with Gasteiger partial charge in [0.05, 0.1) is 5.25 Å². The molecule has 2 aliphatic heterocycles. The molecule has 21 heavy (non-hydrogen) atoms. The van der Waals surface area contributed by atoms with Gasteiger partial charge in [-0.2, -0.15) is 0 Å². The molecule has 2 saturated heterocycles. The molecular weight excluding hydrogens is 292 g/mol. The molecular formula is C13H20N4O3S. The van der Waals surface area contributed by atoms with Crippen molar-refractivity contribution < 1.29 is 8.42 Å². The van der Waals surface area contributed by atoms with Crippen LogP contribution in [0.5, 0.6) is 0 Å². The summed E-state index contributed by atoms with van der Waals surface area (Å²) in [6, 6.07) is 0. The van der Waals surface area contributed by atoms with Gasteiger partial charge < -0.3 is 9.47 Å². The van der Waals surface area contributed by atoms with Crippen molar-refractivity contribution in [1.82, 2.24) is 13.9 Å². The van der Waals surface area contributed by atoms with E-state index in [-0.39, 0.29) is 5.56 Å². The zero-order chi connectivity index (χ0) is 15.0. The quantitative estimate of drug-likeness (QED) is 0.771. The lowest BCUT2D eigenvalue weighted by atomic mass is 10.4. The van der Waals surface area contributed by atoms with Crippen LogP contribution in [0.2, 0.25) is 0 Å². The van der Waals surface area contributed by atoms with Crippen LogP contribution in [-0.2, 0) is 17.1 Å². The fourth-order valence-electron chi connectivity index (χ4n) is 3.02. The minimum atomic E-state index is -3.25. The third kappa shape index (κ3) is 2.57. The first-order valence-electron chi connectivity index (χ1n) is 7.25. The van der Waals surface area contributed by atoms with E-state index in [0.29, 0.717) is 38.4 Å². The summed E-state index contributed by atoms with van der Waals surface area (Å²) in [4.78, 5) is 18.0. The van der Waals surface area contributed by atoms with Gasteiger partial charge in [-0.05, 0) is 19.3 Å². The third-order valence-electron chi connectivity index (χ3n) is 4.29. The van der Waals surface area contributed by atoms with Crippen molar-refractivity contribution in [2.45, 2.75) is 24.5 Å². The van der Waals surface area contributed by atoms with E-state index in [1.54, 1.807) is 28.6 Å². The number of aromatic nitrogens is 2. The van der Waals surface area contributed by atoms with Gasteiger partial charge in [0.2, 0.25) is 10.0 Å². The van der Waals surface area contributed by atoms with Crippen LogP contribution in [0.1, 0.15) is 19.3 Å². The summed E-state index contributed by atoms with van der Waals surface area (Å²) in [5, 5.41) is -0.428. The van der Waals surface area contributed by atoms with Gasteiger partial charge in [0.15, 0.2) is 5.82 Å². The molecule has 1 atom stereocenters. The molecule has 2 fully saturated rings. The molecule has 0 N–H and O–H groups in total. The zero-order valence-corrected chi connectivity index (χ0v) is 12.9. The second-order valence-electron chi connectivity index (χ2n) is 5.67. The van der Waals surface area contributed by atoms with Crippen LogP contribution in [0.4, 0.5) is 5.82 Å². The van der Waals surface area contributed by atoms with Crippen molar-refractivity contribution >= 4 is 15.8 Å². The summed E-state index contributed by atoms with van der Waals surface area (Å²) in [7, 11) is -1.58. The Morgan fingerprint density at radius 1 is 1.24 bits per heavy atom. The van der Waals surface area contributed by atoms with Crippen molar-refractivity contribution in [3.05, 3.63) is 22.7 Å². The highest BCUT2D eigenvalue weighted by atomic mass is 32.2. The first-order valence-corrected chi connectivity index (χ1v) is 8.76. The lowest BCUT2D eigenvalue weighted by Crippen LogP contribution is -2.39. The van der Waals surface area contributed by atoms with Gasteiger partial charge in [0, 0.05) is 45.6 Å². The highest BCUT2D eigenvalue weighted by Gasteiger charge is 2.39. The molecule has 1 unspecified atom stereocenters. The number of sulfonamides is 1. The monoisotopic (exact) mass is 312 g/mol. The molecule has 0 amide bonds. The first-order chi connectivity index (χ1) is 10.00. The van der Waals surface area contributed by atoms with E-state index in [0.717, 1.165) is 12.8 Å². The van der Waals surface area contributed by atoms with E-state index in [4.69, 9.17) is 0 Å². The molecule has 1 aromatic heterocycles. The van der Waals surface area contributed by atoms with E-state index in [9.17, 15) is 13.2 Å². The SMILES string of the molecule is Cn1ccnc(N2CCC(S(=O)(=O)N3CCCC3)C2)c1=O. The fraction of sp³-hybridized carbons (Fsp3) is 0.692. The largest absolute Gasteiger partial charge is 0.351 e. The van der Waals surface area contributed by atoms with Crippen LogP contribution in [-0.4, -0.2) is 53.7 Å². The first kappa shape index (κ1) is 14.5. The molecule has 3 heterocycles. The summed E-state index contributed by atoms with van der Waals surface area (Å²) >= 11 is 0. The average Bonchev–Trinajstić information content (AvgIpc) is 3.12. The molecule has 0 bridgehead atoms. The summed E-state index contributed by atoms with van der Waals surface area (Å²) in [6.45, 7) is 2.17. The second kappa shape index (κ2) is 5.42. The predicted octanol–water partition coefficient (Wildman–Crippen LogP) is -0.215. The Labute approximate surface area is 124 Å². The van der Waals surface area contributed by atoms with Gasteiger partial charge in [-0.3, -0.25) is 4.79 Å². The van der Waals surface area contributed by atoms with Crippen molar-refractivity contribution in [3.8, 4) is 0 Å². The Hall–Kier alpha value is -1.41. The highest BCUT2D eigenvalue weighted by Crippen LogP contribution is 2.25. The third-order valence-corrected chi connectivity index (χ3v) is 6.60. The molecule has 8 heteroatoms. The highest BCUT2D eigenvalue weighted by molar-refractivity contribution is 7.89. The second-order valence-corrected chi connectivity index (χ2v) is 7.89. The van der Waals surface area contributed by atoms with Crippen molar-refractivity contribution in [3.63, 3.8) is 0 Å². The van der Waals surface area contributed by atoms with Crippen molar-refractivity contribution in [2.24, 2.45) is 7.05 Å². The standard InChI is InChI=1S/C13H20N4O3S/c1-15-9-5-14-12(13(15)18)16-8-4-11(10-16)21(19,20)17-6-2-3-7-17/h5,9,11H,2-4,6-8,10H2,1H3. The van der Waals surface area contributed by atoms with Crippen LogP contribution in [0, 0.1) is 0 Å². The van der Waals surface area contributed by atoms with E-state index >= 15 is 0 Å². The Bertz CT molecular complexity index is 679. The maximum absolute atomic E-state index is 12.6. The van der Waals surface area contributed by atoms with Crippen LogP contribution in [0.15, 0.2) is 17.2 Å². The molecule has 1 aromatic rings. The van der Waals surface area contributed by atoms with E-state index in [1.165, 1.54) is 4.57 Å². The number of anilines is 1. The van der Waals surface area contributed by atoms with Crippen molar-refractivity contribution in [2.75, 3.05) is 31.1 Å². The van der Waals surface area contributed by atoms with E-state index in [1.807, 2.05) is 0 Å². The Balaban J connectivity index is 1.79. The predicted molar refractivity (Wildman–Crippen MR) is 79.8 cm³/mol. The lowest BCUT2D eigenvalue weighted by Gasteiger charge is -2.21. The molecule has 0 saturated carbocycles. The van der Waals surface area contributed by atoms with Crippen LogP contribution < -0.4 is 10.5 Å². The van der Waals surface area contributed by atoms with E-state index < -0.39 is 15.3 Å². The maximum atomic E-state index is 12.6. The molecule has 3 rings (SSSR count). The van der Waals surface area contributed by atoms with E-state index in [2.05, 4.69) is 4.98 Å². The molecule has 0 spiro atoms. The van der Waals surface area contributed by atoms with Gasteiger partial charge in [-0.1, -0.05) is 0 Å².